The highest BCUT2D eigenvalue weighted by molar-refractivity contribution is 5.94. The second-order valence-corrected chi connectivity index (χ2v) is 9.80. The fourth-order valence-electron chi connectivity index (χ4n) is 4.93. The normalized spacial score (nSPS) is 15.2. The number of anilines is 3. The molecule has 0 amide bonds. The molecule has 1 fully saturated rings. The second kappa shape index (κ2) is 11.6. The molecule has 0 radical (unpaired) electrons. The molecule has 1 unspecified atom stereocenters. The number of morpholine rings is 1. The van der Waals surface area contributed by atoms with Crippen LogP contribution in [0.3, 0.4) is 0 Å². The lowest BCUT2D eigenvalue weighted by molar-refractivity contribution is 0.0183. The smallest absolute Gasteiger partial charge is 0.141 e. The van der Waals surface area contributed by atoms with Crippen molar-refractivity contribution in [3.05, 3.63) is 102 Å². The van der Waals surface area contributed by atoms with Gasteiger partial charge in [0.25, 0.3) is 0 Å². The zero-order valence-corrected chi connectivity index (χ0v) is 21.9. The summed E-state index contributed by atoms with van der Waals surface area (Å²) in [5, 5.41) is 18.9. The minimum Gasteiger partial charge on any atom is -0.380 e. The highest BCUT2D eigenvalue weighted by atomic mass is 19.1. The fourth-order valence-corrected chi connectivity index (χ4v) is 4.93. The van der Waals surface area contributed by atoms with Crippen LogP contribution < -0.4 is 16.0 Å². The average Bonchev–Trinajstić information content (AvgIpc) is 3.45. The summed E-state index contributed by atoms with van der Waals surface area (Å²) in [5.41, 5.74) is 6.15. The lowest BCUT2D eigenvalue weighted by atomic mass is 10.1. The van der Waals surface area contributed by atoms with Crippen LogP contribution in [-0.2, 0) is 17.8 Å². The summed E-state index contributed by atoms with van der Waals surface area (Å²) in [4.78, 5) is 8.98. The molecular weight excluding hydrogens is 505 g/mol. The van der Waals surface area contributed by atoms with E-state index in [0.717, 1.165) is 65.2 Å². The van der Waals surface area contributed by atoms with E-state index in [1.807, 2.05) is 30.3 Å². The third-order valence-corrected chi connectivity index (χ3v) is 6.98. The summed E-state index contributed by atoms with van der Waals surface area (Å²) in [5.74, 6) is 0.417. The first-order valence-corrected chi connectivity index (χ1v) is 13.3. The van der Waals surface area contributed by atoms with Gasteiger partial charge in [-0.15, -0.1) is 0 Å². The molecule has 6 rings (SSSR count). The van der Waals surface area contributed by atoms with Crippen molar-refractivity contribution < 1.29 is 9.13 Å². The van der Waals surface area contributed by atoms with Crippen LogP contribution in [0.2, 0.25) is 0 Å². The van der Waals surface area contributed by atoms with Crippen molar-refractivity contribution in [3.8, 4) is 11.1 Å². The number of benzene rings is 3. The Kier molecular flexibility index (Phi) is 7.47. The Morgan fingerprint density at radius 3 is 2.88 bits per heavy atom. The van der Waals surface area contributed by atoms with Crippen molar-refractivity contribution in [2.75, 3.05) is 30.3 Å². The van der Waals surface area contributed by atoms with E-state index in [4.69, 9.17) is 10.1 Å². The maximum Gasteiger partial charge on any atom is 0.141 e. The first-order chi connectivity index (χ1) is 19.6. The third-order valence-electron chi connectivity index (χ3n) is 6.98. The van der Waals surface area contributed by atoms with Crippen molar-refractivity contribution in [2.45, 2.75) is 19.2 Å². The van der Waals surface area contributed by atoms with Gasteiger partial charge in [0, 0.05) is 67.1 Å². The quantitative estimate of drug-likeness (QED) is 0.184. The predicted octanol–water partition coefficient (Wildman–Crippen LogP) is 5.58. The molecule has 0 aliphatic carbocycles. The molecule has 0 spiro atoms. The molecule has 40 heavy (non-hydrogen) atoms. The number of halogens is 1. The van der Waals surface area contributed by atoms with Gasteiger partial charge in [0.1, 0.15) is 18.0 Å². The monoisotopic (exact) mass is 535 g/mol. The van der Waals surface area contributed by atoms with Crippen LogP contribution in [-0.4, -0.2) is 46.6 Å². The summed E-state index contributed by atoms with van der Waals surface area (Å²) in [6.45, 7) is 3.77. The molecular formula is C31H30FN7O. The molecule has 8 nitrogen and oxygen atoms in total. The van der Waals surface area contributed by atoms with E-state index in [1.165, 1.54) is 18.3 Å². The standard InChI is InChI=1S/C31H30FN7O/c32-25-3-1-2-21(12-25)16-35-29-7-5-26(13-24(29)15-33)38-31-28-14-22(4-6-30(28)36-20-37-31)23-8-10-39(18-23)19-27-17-34-9-11-40-27/h1-8,10,12-15,18,20,27,33-35H,9,11,16-17,19H2,(H,36,37,38). The zero-order valence-electron chi connectivity index (χ0n) is 21.9. The van der Waals surface area contributed by atoms with Crippen molar-refractivity contribution in [3.63, 3.8) is 0 Å². The minimum atomic E-state index is -0.268. The number of fused-ring (bicyclic) bond motifs is 1. The summed E-state index contributed by atoms with van der Waals surface area (Å²) >= 11 is 0. The highest BCUT2D eigenvalue weighted by Gasteiger charge is 2.14. The van der Waals surface area contributed by atoms with E-state index in [9.17, 15) is 4.39 Å². The largest absolute Gasteiger partial charge is 0.380 e. The van der Waals surface area contributed by atoms with Crippen molar-refractivity contribution in [1.29, 1.82) is 5.41 Å². The van der Waals surface area contributed by atoms with E-state index in [-0.39, 0.29) is 11.9 Å². The second-order valence-electron chi connectivity index (χ2n) is 9.80. The Morgan fingerprint density at radius 1 is 1.07 bits per heavy atom. The first kappa shape index (κ1) is 25.7. The Bertz CT molecular complexity index is 1640. The minimum absolute atomic E-state index is 0.170. The molecule has 2 aromatic heterocycles. The lowest BCUT2D eigenvalue weighted by Gasteiger charge is -2.23. The number of hydrogen-bond donors (Lipinski definition) is 4. The van der Waals surface area contributed by atoms with Gasteiger partial charge in [-0.25, -0.2) is 14.4 Å². The number of aromatic nitrogens is 3. The van der Waals surface area contributed by atoms with Crippen LogP contribution in [0.25, 0.3) is 22.0 Å². The van der Waals surface area contributed by atoms with E-state index >= 15 is 0 Å². The van der Waals surface area contributed by atoms with Gasteiger partial charge in [0.05, 0.1) is 18.2 Å². The molecule has 3 heterocycles. The maximum atomic E-state index is 13.5. The Morgan fingerprint density at radius 2 is 2.02 bits per heavy atom. The molecule has 1 atom stereocenters. The molecule has 202 valence electrons. The number of nitrogens with zero attached hydrogens (tertiary/aromatic N) is 3. The maximum absolute atomic E-state index is 13.5. The SMILES string of the molecule is N=Cc1cc(Nc2ncnc3ccc(-c4ccn(CC5CNCCO5)c4)cc23)ccc1NCc1cccc(F)c1. The van der Waals surface area contributed by atoms with E-state index < -0.39 is 0 Å². The van der Waals surface area contributed by atoms with Crippen LogP contribution in [0.1, 0.15) is 11.1 Å². The lowest BCUT2D eigenvalue weighted by Crippen LogP contribution is -2.40. The van der Waals surface area contributed by atoms with Crippen LogP contribution in [0.5, 0.6) is 0 Å². The van der Waals surface area contributed by atoms with Crippen LogP contribution in [0.15, 0.2) is 85.5 Å². The van der Waals surface area contributed by atoms with Crippen molar-refractivity contribution in [1.82, 2.24) is 19.9 Å². The molecule has 1 saturated heterocycles. The highest BCUT2D eigenvalue weighted by Crippen LogP contribution is 2.30. The van der Waals surface area contributed by atoms with Gasteiger partial charge in [-0.05, 0) is 65.2 Å². The topological polar surface area (TPSA) is 99.9 Å². The average molecular weight is 536 g/mol. The fraction of sp³-hybridized carbons (Fsp3) is 0.194. The molecule has 0 bridgehead atoms. The number of ether oxygens (including phenoxy) is 1. The molecule has 3 aromatic carbocycles. The molecule has 1 aliphatic heterocycles. The van der Waals surface area contributed by atoms with Gasteiger partial charge < -0.3 is 30.7 Å². The summed E-state index contributed by atoms with van der Waals surface area (Å²) < 4.78 is 21.5. The van der Waals surface area contributed by atoms with Gasteiger partial charge >= 0.3 is 0 Å². The predicted molar refractivity (Wildman–Crippen MR) is 157 cm³/mol. The zero-order chi connectivity index (χ0) is 27.3. The van der Waals surface area contributed by atoms with Crippen LogP contribution in [0.4, 0.5) is 21.6 Å². The molecule has 0 saturated carbocycles. The molecule has 5 aromatic rings. The molecule has 4 N–H and O–H groups in total. The number of rotatable bonds is 9. The number of nitrogens with one attached hydrogen (secondary N) is 4. The van der Waals surface area contributed by atoms with Gasteiger partial charge in [-0.2, -0.15) is 0 Å². The summed E-state index contributed by atoms with van der Waals surface area (Å²) in [7, 11) is 0. The van der Waals surface area contributed by atoms with E-state index in [2.05, 4.69) is 61.1 Å². The molecule has 1 aliphatic rings. The Hall–Kier alpha value is -4.60. The van der Waals surface area contributed by atoms with Gasteiger partial charge in [0.15, 0.2) is 0 Å². The first-order valence-electron chi connectivity index (χ1n) is 13.3. The van der Waals surface area contributed by atoms with Crippen molar-refractivity contribution >= 4 is 34.3 Å². The van der Waals surface area contributed by atoms with Crippen LogP contribution in [0, 0.1) is 11.2 Å². The van der Waals surface area contributed by atoms with E-state index in [0.29, 0.717) is 17.9 Å². The molecule has 9 heteroatoms. The van der Waals surface area contributed by atoms with Gasteiger partial charge in [-0.3, -0.25) is 0 Å². The summed E-state index contributed by atoms with van der Waals surface area (Å²) in [6.07, 6.45) is 7.24. The van der Waals surface area contributed by atoms with Crippen molar-refractivity contribution in [2.24, 2.45) is 0 Å². The number of hydrogen-bond acceptors (Lipinski definition) is 7. The van der Waals surface area contributed by atoms with Crippen LogP contribution >= 0.6 is 0 Å². The van der Waals surface area contributed by atoms with Gasteiger partial charge in [-0.1, -0.05) is 18.2 Å². The van der Waals surface area contributed by atoms with E-state index in [1.54, 1.807) is 12.4 Å². The summed E-state index contributed by atoms with van der Waals surface area (Å²) in [6, 6.07) is 20.5. The third kappa shape index (κ3) is 5.85. The van der Waals surface area contributed by atoms with Gasteiger partial charge in [0.2, 0.25) is 0 Å². The Balaban J connectivity index is 1.21. The Labute approximate surface area is 231 Å².